The second-order valence-electron chi connectivity index (χ2n) is 6.27. The van der Waals surface area contributed by atoms with E-state index in [9.17, 15) is 4.79 Å². The summed E-state index contributed by atoms with van der Waals surface area (Å²) in [5.41, 5.74) is 4.31. The molecule has 1 heterocycles. The average molecular weight is 337 g/mol. The number of benzene rings is 2. The first kappa shape index (κ1) is 17.0. The first-order valence-electron chi connectivity index (χ1n) is 8.41. The van der Waals surface area contributed by atoms with Crippen LogP contribution in [-0.2, 0) is 18.4 Å². The van der Waals surface area contributed by atoms with Gasteiger partial charge in [-0.3, -0.25) is 4.79 Å². The van der Waals surface area contributed by atoms with E-state index in [1.165, 1.54) is 0 Å². The summed E-state index contributed by atoms with van der Waals surface area (Å²) < 4.78 is 7.68. The highest BCUT2D eigenvalue weighted by Gasteiger charge is 2.09. The predicted molar refractivity (Wildman–Crippen MR) is 98.6 cm³/mol. The van der Waals surface area contributed by atoms with E-state index in [1.54, 1.807) is 0 Å². The topological polar surface area (TPSA) is 56.1 Å². The van der Waals surface area contributed by atoms with Gasteiger partial charge in [0, 0.05) is 7.05 Å². The number of hydrogen-bond acceptors (Lipinski definition) is 3. The number of ether oxygens (including phenoxy) is 1. The zero-order chi connectivity index (χ0) is 17.8. The van der Waals surface area contributed by atoms with Crippen molar-refractivity contribution in [1.29, 1.82) is 0 Å². The molecule has 0 atom stereocenters. The van der Waals surface area contributed by atoms with Gasteiger partial charge in [0.15, 0.2) is 0 Å². The van der Waals surface area contributed by atoms with Crippen molar-refractivity contribution in [1.82, 2.24) is 14.9 Å². The normalized spacial score (nSPS) is 10.8. The quantitative estimate of drug-likeness (QED) is 0.751. The molecule has 0 aliphatic carbocycles. The molecule has 0 radical (unpaired) electrons. The van der Waals surface area contributed by atoms with E-state index in [1.807, 2.05) is 61.9 Å². The molecule has 1 N–H and O–H groups in total. The number of hydrogen-bond donors (Lipinski definition) is 1. The number of amides is 1. The van der Waals surface area contributed by atoms with Gasteiger partial charge in [-0.2, -0.15) is 0 Å². The fraction of sp³-hybridized carbons (Fsp3) is 0.300. The van der Waals surface area contributed by atoms with Crippen molar-refractivity contribution >= 4 is 16.9 Å². The van der Waals surface area contributed by atoms with Crippen molar-refractivity contribution in [2.75, 3.05) is 6.61 Å². The minimum Gasteiger partial charge on any atom is -0.493 e. The van der Waals surface area contributed by atoms with Gasteiger partial charge >= 0.3 is 0 Å². The van der Waals surface area contributed by atoms with Crippen LogP contribution in [0.5, 0.6) is 5.75 Å². The smallest absolute Gasteiger partial charge is 0.223 e. The second-order valence-corrected chi connectivity index (χ2v) is 6.27. The van der Waals surface area contributed by atoms with Crippen molar-refractivity contribution in [3.05, 3.63) is 59.4 Å². The van der Waals surface area contributed by atoms with Crippen molar-refractivity contribution in [3.8, 4) is 5.75 Å². The molecular weight excluding hydrogens is 314 g/mol. The zero-order valence-corrected chi connectivity index (χ0v) is 14.9. The van der Waals surface area contributed by atoms with Crippen LogP contribution in [0.15, 0.2) is 42.5 Å². The molecule has 0 fully saturated rings. The molecule has 0 bridgehead atoms. The van der Waals surface area contributed by atoms with Gasteiger partial charge in [-0.05, 0) is 49.2 Å². The predicted octanol–water partition coefficient (Wildman–Crippen LogP) is 3.28. The van der Waals surface area contributed by atoms with Crippen molar-refractivity contribution in [2.24, 2.45) is 7.05 Å². The lowest BCUT2D eigenvalue weighted by molar-refractivity contribution is -0.121. The first-order valence-corrected chi connectivity index (χ1v) is 8.41. The lowest BCUT2D eigenvalue weighted by Crippen LogP contribution is -2.25. The highest BCUT2D eigenvalue weighted by molar-refractivity contribution is 5.77. The molecule has 3 aromatic rings. The van der Waals surface area contributed by atoms with Gasteiger partial charge in [-0.15, -0.1) is 0 Å². The molecule has 0 aliphatic rings. The van der Waals surface area contributed by atoms with E-state index >= 15 is 0 Å². The Hall–Kier alpha value is -2.82. The largest absolute Gasteiger partial charge is 0.493 e. The monoisotopic (exact) mass is 337 g/mol. The molecule has 25 heavy (non-hydrogen) atoms. The Kier molecular flexibility index (Phi) is 5.03. The fourth-order valence-corrected chi connectivity index (χ4v) is 2.90. The molecule has 5 heteroatoms. The summed E-state index contributed by atoms with van der Waals surface area (Å²) >= 11 is 0. The maximum atomic E-state index is 12.0. The summed E-state index contributed by atoms with van der Waals surface area (Å²) in [7, 11) is 1.96. The van der Waals surface area contributed by atoms with Crippen molar-refractivity contribution in [2.45, 2.75) is 26.8 Å². The van der Waals surface area contributed by atoms with Gasteiger partial charge in [0.2, 0.25) is 5.91 Å². The van der Waals surface area contributed by atoms with E-state index in [4.69, 9.17) is 4.74 Å². The average Bonchev–Trinajstić information content (AvgIpc) is 2.89. The van der Waals surface area contributed by atoms with Crippen molar-refractivity contribution < 1.29 is 9.53 Å². The Bertz CT molecular complexity index is 879. The number of aromatic nitrogens is 2. The van der Waals surface area contributed by atoms with E-state index in [2.05, 4.69) is 16.4 Å². The number of fused-ring (bicyclic) bond motifs is 1. The molecule has 2 aromatic carbocycles. The summed E-state index contributed by atoms with van der Waals surface area (Å²) in [6.45, 7) is 4.83. The van der Waals surface area contributed by atoms with Gasteiger partial charge in [-0.1, -0.05) is 18.2 Å². The lowest BCUT2D eigenvalue weighted by atomic mass is 10.1. The highest BCUT2D eigenvalue weighted by atomic mass is 16.5. The summed E-state index contributed by atoms with van der Waals surface area (Å²) in [4.78, 5) is 16.6. The van der Waals surface area contributed by atoms with E-state index < -0.39 is 0 Å². The first-order chi connectivity index (χ1) is 12.0. The summed E-state index contributed by atoms with van der Waals surface area (Å²) in [6, 6.07) is 14.0. The number of para-hydroxylation sites is 2. The molecule has 0 aliphatic heterocycles. The minimum atomic E-state index is -0.0450. The number of aryl methyl sites for hydroxylation is 3. The third-order valence-corrected chi connectivity index (χ3v) is 4.12. The van der Waals surface area contributed by atoms with Crippen molar-refractivity contribution in [3.63, 3.8) is 0 Å². The fourth-order valence-electron chi connectivity index (χ4n) is 2.90. The van der Waals surface area contributed by atoms with Crippen LogP contribution in [0.2, 0.25) is 0 Å². The van der Waals surface area contributed by atoms with Gasteiger partial charge in [0.25, 0.3) is 0 Å². The van der Waals surface area contributed by atoms with Gasteiger partial charge in [-0.25, -0.2) is 4.98 Å². The second kappa shape index (κ2) is 7.38. The standard InChI is InChI=1S/C20H23N3O2/c1-14-10-15(2)12-16(11-14)25-9-8-20(24)21-13-19-22-17-6-4-5-7-18(17)23(19)3/h4-7,10-12H,8-9,13H2,1-3H3,(H,21,24). The molecular formula is C20H23N3O2. The Labute approximate surface area is 147 Å². The highest BCUT2D eigenvalue weighted by Crippen LogP contribution is 2.16. The van der Waals surface area contributed by atoms with Gasteiger partial charge < -0.3 is 14.6 Å². The van der Waals surface area contributed by atoms with Crippen LogP contribution >= 0.6 is 0 Å². The number of nitrogens with zero attached hydrogens (tertiary/aromatic N) is 2. The van der Waals surface area contributed by atoms with Crippen LogP contribution in [0, 0.1) is 13.8 Å². The molecule has 1 aromatic heterocycles. The Morgan fingerprint density at radius 1 is 1.16 bits per heavy atom. The van der Waals surface area contributed by atoms with E-state index in [0.717, 1.165) is 33.7 Å². The summed E-state index contributed by atoms with van der Waals surface area (Å²) in [5, 5.41) is 2.91. The SMILES string of the molecule is Cc1cc(C)cc(OCCC(=O)NCc2nc3ccccc3n2C)c1. The van der Waals surface area contributed by atoms with Gasteiger partial charge in [0.1, 0.15) is 11.6 Å². The molecule has 0 saturated heterocycles. The van der Waals surface area contributed by atoms with Crippen LogP contribution in [-0.4, -0.2) is 22.1 Å². The number of carbonyl (C=O) groups excluding carboxylic acids is 1. The molecule has 130 valence electrons. The van der Waals surface area contributed by atoms with E-state index in [-0.39, 0.29) is 5.91 Å². The maximum absolute atomic E-state index is 12.0. The molecule has 1 amide bonds. The van der Waals surface area contributed by atoms with E-state index in [0.29, 0.717) is 19.6 Å². The lowest BCUT2D eigenvalue weighted by Gasteiger charge is -2.09. The number of imidazole rings is 1. The van der Waals surface area contributed by atoms with Crippen LogP contribution in [0.1, 0.15) is 23.4 Å². The van der Waals surface area contributed by atoms with Crippen LogP contribution in [0.4, 0.5) is 0 Å². The maximum Gasteiger partial charge on any atom is 0.223 e. The molecule has 3 rings (SSSR count). The number of rotatable bonds is 6. The zero-order valence-electron chi connectivity index (χ0n) is 14.9. The molecule has 0 unspecified atom stereocenters. The number of carbonyl (C=O) groups is 1. The third-order valence-electron chi connectivity index (χ3n) is 4.12. The Morgan fingerprint density at radius 2 is 1.88 bits per heavy atom. The van der Waals surface area contributed by atoms with Crippen LogP contribution < -0.4 is 10.1 Å². The van der Waals surface area contributed by atoms with Crippen LogP contribution in [0.3, 0.4) is 0 Å². The Morgan fingerprint density at radius 3 is 2.60 bits per heavy atom. The summed E-state index contributed by atoms with van der Waals surface area (Å²) in [5.74, 6) is 1.60. The molecule has 5 nitrogen and oxygen atoms in total. The summed E-state index contributed by atoms with van der Waals surface area (Å²) in [6.07, 6.45) is 0.316. The molecule has 0 spiro atoms. The minimum absolute atomic E-state index is 0.0450. The third kappa shape index (κ3) is 4.18. The Balaban J connectivity index is 1.50. The van der Waals surface area contributed by atoms with Crippen LogP contribution in [0.25, 0.3) is 11.0 Å². The van der Waals surface area contributed by atoms with Gasteiger partial charge in [0.05, 0.1) is 30.6 Å². The molecule has 0 saturated carbocycles. The number of nitrogens with one attached hydrogen (secondary N) is 1.